The van der Waals surface area contributed by atoms with Crippen molar-refractivity contribution in [1.82, 2.24) is 0 Å². The second kappa shape index (κ2) is 10.8. The van der Waals surface area contributed by atoms with Gasteiger partial charge in [0.1, 0.15) is 0 Å². The van der Waals surface area contributed by atoms with E-state index in [0.717, 1.165) is 18.9 Å². The van der Waals surface area contributed by atoms with Crippen LogP contribution >= 0.6 is 0 Å². The van der Waals surface area contributed by atoms with E-state index >= 15 is 0 Å². The maximum absolute atomic E-state index is 5.71. The maximum Gasteiger partial charge on any atom is 0.500 e. The van der Waals surface area contributed by atoms with E-state index in [1.54, 1.807) is 0 Å². The zero-order valence-corrected chi connectivity index (χ0v) is 11.0. The summed E-state index contributed by atoms with van der Waals surface area (Å²) in [7, 11) is -2.32. The van der Waals surface area contributed by atoms with E-state index < -0.39 is 8.80 Å². The van der Waals surface area contributed by atoms with Gasteiger partial charge in [-0.15, -0.1) is 0 Å². The molecule has 0 aliphatic rings. The van der Waals surface area contributed by atoms with Crippen LogP contribution in [0.15, 0.2) is 0 Å². The van der Waals surface area contributed by atoms with Crippen molar-refractivity contribution in [2.75, 3.05) is 19.8 Å². The van der Waals surface area contributed by atoms with Crippen LogP contribution in [0.1, 0.15) is 40.5 Å². The predicted molar refractivity (Wildman–Crippen MR) is 71.7 cm³/mol. The highest BCUT2D eigenvalue weighted by atomic mass is 28.4. The van der Waals surface area contributed by atoms with Crippen molar-refractivity contribution in [1.29, 1.82) is 0 Å². The largest absolute Gasteiger partial charge is 0.500 e. The van der Waals surface area contributed by atoms with E-state index in [-0.39, 0.29) is 11.0 Å². The van der Waals surface area contributed by atoms with Crippen molar-refractivity contribution in [3.8, 4) is 0 Å². The quantitative estimate of drug-likeness (QED) is 0.580. The van der Waals surface area contributed by atoms with Crippen LogP contribution in [0, 0.1) is 0 Å². The van der Waals surface area contributed by atoms with Crippen molar-refractivity contribution in [3.63, 3.8) is 0 Å². The van der Waals surface area contributed by atoms with Crippen LogP contribution in [0.2, 0.25) is 6.04 Å². The third kappa shape index (κ3) is 7.24. The standard InChI is InChI=1S/C10H24O3Si.H4Si/c1-5-9-10-14(11-6-2,12-7-3)13-8-4;/h5-10H2,1-4H3;1H4. The Kier molecular flexibility index (Phi) is 12.8. The number of rotatable bonds is 9. The van der Waals surface area contributed by atoms with Gasteiger partial charge in [0.05, 0.1) is 0 Å². The van der Waals surface area contributed by atoms with Crippen molar-refractivity contribution in [2.24, 2.45) is 0 Å². The second-order valence-corrected chi connectivity index (χ2v) is 5.82. The highest BCUT2D eigenvalue weighted by Gasteiger charge is 2.39. The van der Waals surface area contributed by atoms with E-state index in [0.29, 0.717) is 19.8 Å². The first-order valence-electron chi connectivity index (χ1n) is 5.66. The zero-order valence-electron chi connectivity index (χ0n) is 9.97. The topological polar surface area (TPSA) is 27.7 Å². The van der Waals surface area contributed by atoms with Crippen molar-refractivity contribution in [3.05, 3.63) is 0 Å². The molecule has 5 heteroatoms. The number of hydrogen-bond donors (Lipinski definition) is 0. The fourth-order valence-electron chi connectivity index (χ4n) is 1.39. The molecule has 0 atom stereocenters. The summed E-state index contributed by atoms with van der Waals surface area (Å²) < 4.78 is 17.1. The van der Waals surface area contributed by atoms with Gasteiger partial charge in [-0.25, -0.2) is 0 Å². The Morgan fingerprint density at radius 2 is 1.20 bits per heavy atom. The summed E-state index contributed by atoms with van der Waals surface area (Å²) in [5.41, 5.74) is 0. The maximum atomic E-state index is 5.71. The zero-order chi connectivity index (χ0) is 10.9. The van der Waals surface area contributed by atoms with Crippen LogP contribution in [-0.4, -0.2) is 39.6 Å². The van der Waals surface area contributed by atoms with Crippen molar-refractivity contribution < 1.29 is 13.3 Å². The third-order valence-corrected chi connectivity index (χ3v) is 5.08. The summed E-state index contributed by atoms with van der Waals surface area (Å²) in [5.74, 6) is 0. The van der Waals surface area contributed by atoms with Gasteiger partial charge in [0.25, 0.3) is 0 Å². The van der Waals surface area contributed by atoms with Gasteiger partial charge < -0.3 is 13.3 Å². The number of hydrogen-bond acceptors (Lipinski definition) is 3. The van der Waals surface area contributed by atoms with Gasteiger partial charge >= 0.3 is 8.80 Å². The van der Waals surface area contributed by atoms with Crippen LogP contribution in [-0.2, 0) is 13.3 Å². The van der Waals surface area contributed by atoms with Gasteiger partial charge in [0.2, 0.25) is 0 Å². The van der Waals surface area contributed by atoms with Gasteiger partial charge in [0.15, 0.2) is 0 Å². The summed E-state index contributed by atoms with van der Waals surface area (Å²) in [6.45, 7) is 10.2. The lowest BCUT2D eigenvalue weighted by Gasteiger charge is -2.28. The minimum atomic E-state index is -2.32. The molecule has 0 bridgehead atoms. The molecule has 94 valence electrons. The summed E-state index contributed by atoms with van der Waals surface area (Å²) in [4.78, 5) is 0. The van der Waals surface area contributed by atoms with Crippen LogP contribution in [0.3, 0.4) is 0 Å². The lowest BCUT2D eigenvalue weighted by Crippen LogP contribution is -2.45. The minimum Gasteiger partial charge on any atom is -0.374 e. The monoisotopic (exact) mass is 252 g/mol. The Morgan fingerprint density at radius 3 is 1.47 bits per heavy atom. The Bertz CT molecular complexity index is 117. The molecule has 0 spiro atoms. The molecule has 0 saturated carbocycles. The van der Waals surface area contributed by atoms with Crippen molar-refractivity contribution in [2.45, 2.75) is 46.6 Å². The summed E-state index contributed by atoms with van der Waals surface area (Å²) in [6, 6.07) is 0.943. The summed E-state index contributed by atoms with van der Waals surface area (Å²) in [5, 5.41) is 0. The molecule has 0 rings (SSSR count). The average Bonchev–Trinajstić information content (AvgIpc) is 2.16. The fourth-order valence-corrected chi connectivity index (χ4v) is 4.18. The van der Waals surface area contributed by atoms with Gasteiger partial charge in [-0.3, -0.25) is 0 Å². The first-order valence-corrected chi connectivity index (χ1v) is 7.59. The van der Waals surface area contributed by atoms with Crippen LogP contribution < -0.4 is 0 Å². The molecule has 0 aromatic heterocycles. The van der Waals surface area contributed by atoms with Crippen LogP contribution in [0.5, 0.6) is 0 Å². The average molecular weight is 253 g/mol. The van der Waals surface area contributed by atoms with Crippen molar-refractivity contribution >= 4 is 19.8 Å². The molecule has 0 heterocycles. The highest BCUT2D eigenvalue weighted by molar-refractivity contribution is 6.60. The van der Waals surface area contributed by atoms with Gasteiger partial charge in [0, 0.05) is 25.9 Å². The SMILES string of the molecule is CCCC[Si](OCC)(OCC)OCC.[SiH4]. The molecule has 15 heavy (non-hydrogen) atoms. The smallest absolute Gasteiger partial charge is 0.374 e. The first-order chi connectivity index (χ1) is 6.74. The predicted octanol–water partition coefficient (Wildman–Crippen LogP) is 1.38. The molecule has 0 unspecified atom stereocenters. The molecule has 0 N–H and O–H groups in total. The molecule has 0 aromatic rings. The summed E-state index contributed by atoms with van der Waals surface area (Å²) in [6.07, 6.45) is 2.27. The van der Waals surface area contributed by atoms with E-state index in [2.05, 4.69) is 6.92 Å². The van der Waals surface area contributed by atoms with E-state index in [1.807, 2.05) is 20.8 Å². The molecule has 0 saturated heterocycles. The molecule has 0 aromatic carbocycles. The van der Waals surface area contributed by atoms with Crippen LogP contribution in [0.25, 0.3) is 0 Å². The molecular formula is C10H28O3Si2. The Labute approximate surface area is 99.9 Å². The second-order valence-electron chi connectivity index (χ2n) is 3.09. The molecule has 0 radical (unpaired) electrons. The Hall–Kier alpha value is 0.314. The molecular weight excluding hydrogens is 224 g/mol. The minimum absolute atomic E-state index is 0. The molecule has 0 aliphatic heterocycles. The fraction of sp³-hybridized carbons (Fsp3) is 1.00. The lowest BCUT2D eigenvalue weighted by molar-refractivity contribution is 0.0708. The molecule has 0 fully saturated rings. The van der Waals surface area contributed by atoms with Gasteiger partial charge in [-0.2, -0.15) is 0 Å². The van der Waals surface area contributed by atoms with E-state index in [4.69, 9.17) is 13.3 Å². The molecule has 0 amide bonds. The highest BCUT2D eigenvalue weighted by Crippen LogP contribution is 2.18. The first kappa shape index (κ1) is 17.7. The van der Waals surface area contributed by atoms with E-state index in [9.17, 15) is 0 Å². The molecule has 3 nitrogen and oxygen atoms in total. The Balaban J connectivity index is 0. The number of unbranched alkanes of at least 4 members (excludes halogenated alkanes) is 1. The normalized spacial score (nSPS) is 11.2. The Morgan fingerprint density at radius 1 is 0.800 bits per heavy atom. The van der Waals surface area contributed by atoms with Crippen LogP contribution in [0.4, 0.5) is 0 Å². The van der Waals surface area contributed by atoms with Gasteiger partial charge in [-0.1, -0.05) is 13.3 Å². The van der Waals surface area contributed by atoms with E-state index in [1.165, 1.54) is 0 Å². The molecule has 0 aliphatic carbocycles. The van der Waals surface area contributed by atoms with Gasteiger partial charge in [-0.05, 0) is 38.2 Å². The lowest BCUT2D eigenvalue weighted by atomic mass is 10.4. The summed E-state index contributed by atoms with van der Waals surface area (Å²) >= 11 is 0. The third-order valence-electron chi connectivity index (χ3n) is 1.93.